The molecular formula is C12H21N3O4. The number of nitrogens with one attached hydrogen (secondary N) is 1. The van der Waals surface area contributed by atoms with Gasteiger partial charge in [-0.25, -0.2) is 4.79 Å². The fraction of sp³-hybridized carbons (Fsp3) is 0.750. The molecule has 0 radical (unpaired) electrons. The van der Waals surface area contributed by atoms with Crippen molar-refractivity contribution in [3.63, 3.8) is 0 Å². The lowest BCUT2D eigenvalue weighted by Crippen LogP contribution is -2.53. The van der Waals surface area contributed by atoms with Crippen molar-refractivity contribution in [3.05, 3.63) is 0 Å². The number of carbonyl (C=O) groups is 3. The Labute approximate surface area is 112 Å². The van der Waals surface area contributed by atoms with Gasteiger partial charge in [0.1, 0.15) is 5.60 Å². The Bertz CT molecular complexity index is 376. The molecule has 1 fully saturated rings. The SMILES string of the molecule is CN(CCN1CCNC(=O)C1=O)C(=O)OC(C)(C)C. The minimum atomic E-state index is -0.592. The first-order valence-electron chi connectivity index (χ1n) is 6.22. The molecule has 0 saturated carbocycles. The zero-order chi connectivity index (χ0) is 14.6. The summed E-state index contributed by atoms with van der Waals surface area (Å²) in [7, 11) is 1.60. The molecule has 0 atom stereocenters. The monoisotopic (exact) mass is 271 g/mol. The molecule has 0 aromatic heterocycles. The Morgan fingerprint density at radius 3 is 2.63 bits per heavy atom. The summed E-state index contributed by atoms with van der Waals surface area (Å²) in [6, 6.07) is 0. The molecule has 3 amide bonds. The maximum atomic E-state index is 11.7. The van der Waals surface area contributed by atoms with Crippen LogP contribution in [-0.2, 0) is 14.3 Å². The first-order valence-corrected chi connectivity index (χ1v) is 6.22. The fourth-order valence-electron chi connectivity index (χ4n) is 1.54. The van der Waals surface area contributed by atoms with Gasteiger partial charge in [-0.3, -0.25) is 9.59 Å². The second-order valence-corrected chi connectivity index (χ2v) is 5.45. The van der Waals surface area contributed by atoms with Gasteiger partial charge in [-0.2, -0.15) is 0 Å². The summed E-state index contributed by atoms with van der Waals surface area (Å²) in [4.78, 5) is 37.2. The van der Waals surface area contributed by atoms with E-state index in [9.17, 15) is 14.4 Å². The second kappa shape index (κ2) is 5.90. The number of nitrogens with zero attached hydrogens (tertiary/aromatic N) is 2. The largest absolute Gasteiger partial charge is 0.444 e. The van der Waals surface area contributed by atoms with Crippen molar-refractivity contribution in [3.8, 4) is 0 Å². The second-order valence-electron chi connectivity index (χ2n) is 5.45. The Morgan fingerprint density at radius 2 is 2.05 bits per heavy atom. The molecule has 19 heavy (non-hydrogen) atoms. The van der Waals surface area contributed by atoms with Gasteiger partial charge in [0.15, 0.2) is 0 Å². The molecule has 7 heteroatoms. The first kappa shape index (κ1) is 15.3. The van der Waals surface area contributed by atoms with Gasteiger partial charge in [-0.05, 0) is 20.8 Å². The van der Waals surface area contributed by atoms with Crippen LogP contribution in [0.1, 0.15) is 20.8 Å². The van der Waals surface area contributed by atoms with Gasteiger partial charge in [0.25, 0.3) is 0 Å². The van der Waals surface area contributed by atoms with E-state index in [4.69, 9.17) is 4.74 Å². The van der Waals surface area contributed by atoms with Gasteiger partial charge in [-0.15, -0.1) is 0 Å². The minimum Gasteiger partial charge on any atom is -0.444 e. The zero-order valence-electron chi connectivity index (χ0n) is 11.9. The highest BCUT2D eigenvalue weighted by molar-refractivity contribution is 6.35. The molecule has 0 aromatic carbocycles. The summed E-state index contributed by atoms with van der Waals surface area (Å²) in [5.41, 5.74) is -0.549. The predicted molar refractivity (Wildman–Crippen MR) is 68.5 cm³/mol. The first-order chi connectivity index (χ1) is 8.70. The Morgan fingerprint density at radius 1 is 1.42 bits per heavy atom. The maximum Gasteiger partial charge on any atom is 0.410 e. The maximum absolute atomic E-state index is 11.7. The molecule has 7 nitrogen and oxygen atoms in total. The highest BCUT2D eigenvalue weighted by Crippen LogP contribution is 2.09. The van der Waals surface area contributed by atoms with Crippen molar-refractivity contribution < 1.29 is 19.1 Å². The number of hydrogen-bond acceptors (Lipinski definition) is 4. The Balaban J connectivity index is 2.41. The standard InChI is InChI=1S/C12H21N3O4/c1-12(2,3)19-11(18)14(4)7-8-15-6-5-13-9(16)10(15)17/h5-8H2,1-4H3,(H,13,16). The molecule has 0 bridgehead atoms. The third kappa shape index (κ3) is 4.76. The number of rotatable bonds is 3. The number of piperazine rings is 1. The molecule has 1 aliphatic heterocycles. The topological polar surface area (TPSA) is 79.0 Å². The smallest absolute Gasteiger partial charge is 0.410 e. The van der Waals surface area contributed by atoms with Crippen molar-refractivity contribution in [2.45, 2.75) is 26.4 Å². The van der Waals surface area contributed by atoms with Crippen molar-refractivity contribution in [2.24, 2.45) is 0 Å². The highest BCUT2D eigenvalue weighted by Gasteiger charge is 2.26. The summed E-state index contributed by atoms with van der Waals surface area (Å²) < 4.78 is 5.19. The predicted octanol–water partition coefficient (Wildman–Crippen LogP) is -0.188. The summed E-state index contributed by atoms with van der Waals surface area (Å²) >= 11 is 0. The number of amides is 3. The lowest BCUT2D eigenvalue weighted by atomic mass is 10.2. The van der Waals surface area contributed by atoms with E-state index in [1.807, 2.05) is 0 Å². The van der Waals surface area contributed by atoms with Crippen molar-refractivity contribution in [2.75, 3.05) is 33.2 Å². The molecule has 1 N–H and O–H groups in total. The van der Waals surface area contributed by atoms with E-state index < -0.39 is 23.5 Å². The molecule has 108 valence electrons. The number of carbonyl (C=O) groups excluding carboxylic acids is 3. The van der Waals surface area contributed by atoms with Crippen molar-refractivity contribution in [1.29, 1.82) is 0 Å². The van der Waals surface area contributed by atoms with Crippen LogP contribution in [0.5, 0.6) is 0 Å². The number of ether oxygens (including phenoxy) is 1. The summed E-state index contributed by atoms with van der Waals surface area (Å²) in [5, 5.41) is 2.47. The van der Waals surface area contributed by atoms with Crippen LogP contribution in [0.4, 0.5) is 4.79 Å². The average Bonchev–Trinajstić information content (AvgIpc) is 2.28. The number of hydrogen-bond donors (Lipinski definition) is 1. The number of likely N-dealkylation sites (N-methyl/N-ethyl adjacent to an activating group) is 1. The minimum absolute atomic E-state index is 0.321. The van der Waals surface area contributed by atoms with Crippen molar-refractivity contribution >= 4 is 17.9 Å². The molecule has 1 heterocycles. The lowest BCUT2D eigenvalue weighted by molar-refractivity contribution is -0.148. The van der Waals surface area contributed by atoms with Gasteiger partial charge < -0.3 is 19.9 Å². The molecule has 0 aromatic rings. The van der Waals surface area contributed by atoms with Gasteiger partial charge in [0.2, 0.25) is 0 Å². The molecular weight excluding hydrogens is 250 g/mol. The Kier molecular flexibility index (Phi) is 4.74. The van der Waals surface area contributed by atoms with Gasteiger partial charge >= 0.3 is 17.9 Å². The van der Waals surface area contributed by atoms with Gasteiger partial charge in [0.05, 0.1) is 0 Å². The summed E-state index contributed by atoms with van der Waals surface area (Å²) in [6.07, 6.45) is -0.443. The van der Waals surface area contributed by atoms with Crippen molar-refractivity contribution in [1.82, 2.24) is 15.1 Å². The van der Waals surface area contributed by atoms with Crippen LogP contribution < -0.4 is 5.32 Å². The van der Waals surface area contributed by atoms with E-state index >= 15 is 0 Å². The molecule has 0 unspecified atom stereocenters. The Hall–Kier alpha value is -1.79. The van der Waals surface area contributed by atoms with E-state index in [1.165, 1.54) is 9.80 Å². The quantitative estimate of drug-likeness (QED) is 0.722. The average molecular weight is 271 g/mol. The van der Waals surface area contributed by atoms with Crippen LogP contribution in [0, 0.1) is 0 Å². The molecule has 0 aliphatic carbocycles. The van der Waals surface area contributed by atoms with E-state index in [-0.39, 0.29) is 0 Å². The van der Waals surface area contributed by atoms with Gasteiger partial charge in [-0.1, -0.05) is 0 Å². The zero-order valence-corrected chi connectivity index (χ0v) is 11.9. The third-order valence-electron chi connectivity index (χ3n) is 2.56. The van der Waals surface area contributed by atoms with Crippen LogP contribution in [0.2, 0.25) is 0 Å². The van der Waals surface area contributed by atoms with E-state index in [0.29, 0.717) is 26.2 Å². The molecule has 1 aliphatic rings. The summed E-state index contributed by atoms with van der Waals surface area (Å²) in [5.74, 6) is -1.14. The fourth-order valence-corrected chi connectivity index (χ4v) is 1.54. The highest BCUT2D eigenvalue weighted by atomic mass is 16.6. The molecule has 1 saturated heterocycles. The molecule has 1 rings (SSSR count). The lowest BCUT2D eigenvalue weighted by Gasteiger charge is -2.29. The third-order valence-corrected chi connectivity index (χ3v) is 2.56. The van der Waals surface area contributed by atoms with E-state index in [0.717, 1.165) is 0 Å². The van der Waals surface area contributed by atoms with E-state index in [2.05, 4.69) is 5.32 Å². The van der Waals surface area contributed by atoms with Crippen LogP contribution in [0.3, 0.4) is 0 Å². The van der Waals surface area contributed by atoms with E-state index in [1.54, 1.807) is 27.8 Å². The normalized spacial score (nSPS) is 16.1. The van der Waals surface area contributed by atoms with Crippen LogP contribution in [0.25, 0.3) is 0 Å². The van der Waals surface area contributed by atoms with Crippen LogP contribution >= 0.6 is 0 Å². The van der Waals surface area contributed by atoms with Crippen LogP contribution in [0.15, 0.2) is 0 Å². The van der Waals surface area contributed by atoms with Crippen LogP contribution in [-0.4, -0.2) is 66.5 Å². The van der Waals surface area contributed by atoms with Gasteiger partial charge in [0, 0.05) is 33.2 Å². The molecule has 0 spiro atoms. The summed E-state index contributed by atoms with van der Waals surface area (Å²) in [6.45, 7) is 6.93.